The molecule has 2 aliphatic rings. The number of nitrogens with zero attached hydrogens (tertiary/aromatic N) is 1. The maximum Gasteiger partial charge on any atom is 0.176 e. The van der Waals surface area contributed by atoms with Gasteiger partial charge in [0, 0.05) is 17.8 Å². The van der Waals surface area contributed by atoms with Gasteiger partial charge in [0.15, 0.2) is 5.78 Å². The molecule has 0 atom stereocenters. The maximum absolute atomic E-state index is 12.8. The molecule has 4 rings (SSSR count). The molecule has 27 heavy (non-hydrogen) atoms. The minimum atomic E-state index is 0.267. The zero-order valence-corrected chi connectivity index (χ0v) is 16.1. The van der Waals surface area contributed by atoms with E-state index in [-0.39, 0.29) is 5.78 Å². The average molecular weight is 363 g/mol. The molecule has 0 unspecified atom stereocenters. The highest BCUT2D eigenvalue weighted by Crippen LogP contribution is 2.24. The van der Waals surface area contributed by atoms with Crippen LogP contribution < -0.4 is 5.32 Å². The molecule has 3 nitrogen and oxygen atoms in total. The lowest BCUT2D eigenvalue weighted by Gasteiger charge is -2.31. The Kier molecular flexibility index (Phi) is 5.88. The first-order valence-electron chi connectivity index (χ1n) is 10.4. The lowest BCUT2D eigenvalue weighted by atomic mass is 9.90. The van der Waals surface area contributed by atoms with Crippen molar-refractivity contribution in [3.63, 3.8) is 0 Å². The van der Waals surface area contributed by atoms with Crippen molar-refractivity contribution >= 4 is 11.5 Å². The van der Waals surface area contributed by atoms with E-state index in [1.54, 1.807) is 0 Å². The minimum absolute atomic E-state index is 0.267. The Balaban J connectivity index is 1.30. The van der Waals surface area contributed by atoms with E-state index in [2.05, 4.69) is 52.7 Å². The monoisotopic (exact) mass is 362 g/mol. The fraction of sp³-hybridized carbons (Fsp3) is 0.458. The summed E-state index contributed by atoms with van der Waals surface area (Å²) in [5.74, 6) is 1.01. The molecule has 142 valence electrons. The number of hydrogen-bond donors (Lipinski definition) is 1. The Morgan fingerprint density at radius 2 is 1.85 bits per heavy atom. The Morgan fingerprint density at radius 1 is 1.04 bits per heavy atom. The first kappa shape index (κ1) is 18.2. The fourth-order valence-electron chi connectivity index (χ4n) is 4.40. The minimum Gasteiger partial charge on any atom is -0.385 e. The summed E-state index contributed by atoms with van der Waals surface area (Å²) in [7, 11) is 0. The van der Waals surface area contributed by atoms with Gasteiger partial charge in [0.05, 0.1) is 6.54 Å². The zero-order valence-electron chi connectivity index (χ0n) is 16.1. The number of rotatable bonds is 5. The van der Waals surface area contributed by atoms with Crippen molar-refractivity contribution in [1.29, 1.82) is 0 Å². The second-order valence-electron chi connectivity index (χ2n) is 8.09. The van der Waals surface area contributed by atoms with E-state index in [1.165, 1.54) is 48.9 Å². The van der Waals surface area contributed by atoms with Gasteiger partial charge in [0.25, 0.3) is 0 Å². The van der Waals surface area contributed by atoms with E-state index in [1.807, 2.05) is 6.07 Å². The van der Waals surface area contributed by atoms with Gasteiger partial charge in [-0.15, -0.1) is 0 Å². The lowest BCUT2D eigenvalue weighted by molar-refractivity contribution is 0.0895. The molecule has 2 aromatic rings. The zero-order chi connectivity index (χ0) is 18.5. The highest BCUT2D eigenvalue weighted by Gasteiger charge is 2.22. The van der Waals surface area contributed by atoms with Gasteiger partial charge in [0.2, 0.25) is 0 Å². The van der Waals surface area contributed by atoms with Gasteiger partial charge in [-0.05, 0) is 86.9 Å². The second-order valence-corrected chi connectivity index (χ2v) is 8.09. The number of aryl methyl sites for hydroxylation is 1. The second kappa shape index (κ2) is 8.71. The van der Waals surface area contributed by atoms with Crippen LogP contribution in [0.1, 0.15) is 47.2 Å². The van der Waals surface area contributed by atoms with Gasteiger partial charge in [-0.3, -0.25) is 9.69 Å². The molecular weight excluding hydrogens is 332 g/mol. The standard InChI is InChI=1S/C24H30N2O/c27-24(22-9-10-23-21(17-22)8-4-5-13-25-23)18-26-14-11-20(12-15-26)16-19-6-2-1-3-7-19/h1-3,6-7,9-10,17,20,25H,4-5,8,11-16,18H2. The van der Waals surface area contributed by atoms with Crippen molar-refractivity contribution in [2.45, 2.75) is 38.5 Å². The average Bonchev–Trinajstić information content (AvgIpc) is 2.95. The predicted molar refractivity (Wildman–Crippen MR) is 112 cm³/mol. The quantitative estimate of drug-likeness (QED) is 0.791. The molecule has 1 fully saturated rings. The lowest BCUT2D eigenvalue weighted by Crippen LogP contribution is -2.37. The van der Waals surface area contributed by atoms with Crippen molar-refractivity contribution in [3.05, 3.63) is 65.2 Å². The number of anilines is 1. The molecule has 0 radical (unpaired) electrons. The van der Waals surface area contributed by atoms with Crippen molar-refractivity contribution in [2.24, 2.45) is 5.92 Å². The smallest absolute Gasteiger partial charge is 0.176 e. The predicted octanol–water partition coefficient (Wildman–Crippen LogP) is 4.57. The molecule has 1 N–H and O–H groups in total. The van der Waals surface area contributed by atoms with Gasteiger partial charge in [-0.2, -0.15) is 0 Å². The van der Waals surface area contributed by atoms with Gasteiger partial charge < -0.3 is 5.32 Å². The van der Waals surface area contributed by atoms with Crippen LogP contribution in [0.5, 0.6) is 0 Å². The Bertz CT molecular complexity index is 763. The summed E-state index contributed by atoms with van der Waals surface area (Å²) in [6.45, 7) is 3.67. The largest absolute Gasteiger partial charge is 0.385 e. The van der Waals surface area contributed by atoms with Crippen molar-refractivity contribution in [1.82, 2.24) is 4.90 Å². The number of hydrogen-bond acceptors (Lipinski definition) is 3. The van der Waals surface area contributed by atoms with Gasteiger partial charge in [0.1, 0.15) is 0 Å². The highest BCUT2D eigenvalue weighted by molar-refractivity contribution is 5.98. The Labute approximate surface area is 162 Å². The summed E-state index contributed by atoms with van der Waals surface area (Å²) in [6, 6.07) is 17.0. The summed E-state index contributed by atoms with van der Waals surface area (Å²) in [5.41, 5.74) is 4.83. The Hall–Kier alpha value is -2.13. The first-order valence-corrected chi connectivity index (χ1v) is 10.4. The van der Waals surface area contributed by atoms with Gasteiger partial charge in [-0.25, -0.2) is 0 Å². The normalized spacial score (nSPS) is 18.4. The fourth-order valence-corrected chi connectivity index (χ4v) is 4.40. The summed E-state index contributed by atoms with van der Waals surface area (Å²) >= 11 is 0. The number of nitrogens with one attached hydrogen (secondary N) is 1. The molecule has 0 bridgehead atoms. The molecule has 3 heteroatoms. The van der Waals surface area contributed by atoms with Crippen LogP contribution in [0, 0.1) is 5.92 Å². The van der Waals surface area contributed by atoms with E-state index >= 15 is 0 Å². The van der Waals surface area contributed by atoms with E-state index in [4.69, 9.17) is 0 Å². The Morgan fingerprint density at radius 3 is 2.67 bits per heavy atom. The van der Waals surface area contributed by atoms with Crippen molar-refractivity contribution in [2.75, 3.05) is 31.5 Å². The number of ketones is 1. The molecule has 0 aromatic heterocycles. The third-order valence-corrected chi connectivity index (χ3v) is 6.06. The van der Waals surface area contributed by atoms with Crippen LogP contribution in [-0.2, 0) is 12.8 Å². The molecule has 2 aromatic carbocycles. The highest BCUT2D eigenvalue weighted by atomic mass is 16.1. The molecule has 1 saturated heterocycles. The molecule has 0 aliphatic carbocycles. The third-order valence-electron chi connectivity index (χ3n) is 6.06. The topological polar surface area (TPSA) is 32.3 Å². The summed E-state index contributed by atoms with van der Waals surface area (Å²) in [4.78, 5) is 15.1. The molecule has 0 saturated carbocycles. The number of carbonyl (C=O) groups is 1. The number of piperidine rings is 1. The SMILES string of the molecule is O=C(CN1CCC(Cc2ccccc2)CC1)c1ccc2c(c1)CCCCN2. The van der Waals surface area contributed by atoms with Crippen molar-refractivity contribution < 1.29 is 4.79 Å². The first-order chi connectivity index (χ1) is 13.3. The molecule has 0 amide bonds. The summed E-state index contributed by atoms with van der Waals surface area (Å²) in [6.07, 6.45) is 7.03. The van der Waals surface area contributed by atoms with Gasteiger partial charge in [-0.1, -0.05) is 30.3 Å². The summed E-state index contributed by atoms with van der Waals surface area (Å²) < 4.78 is 0. The molecule has 0 spiro atoms. The van der Waals surface area contributed by atoms with Crippen LogP contribution in [0.2, 0.25) is 0 Å². The molecule has 2 heterocycles. The van der Waals surface area contributed by atoms with Crippen LogP contribution >= 0.6 is 0 Å². The van der Waals surface area contributed by atoms with Crippen molar-refractivity contribution in [3.8, 4) is 0 Å². The maximum atomic E-state index is 12.8. The van der Waals surface area contributed by atoms with Crippen LogP contribution in [-0.4, -0.2) is 36.9 Å². The van der Waals surface area contributed by atoms with Crippen LogP contribution in [0.3, 0.4) is 0 Å². The molecular formula is C24H30N2O. The van der Waals surface area contributed by atoms with Crippen LogP contribution in [0.25, 0.3) is 0 Å². The number of likely N-dealkylation sites (tertiary alicyclic amines) is 1. The summed E-state index contributed by atoms with van der Waals surface area (Å²) in [5, 5.41) is 3.48. The number of carbonyl (C=O) groups excluding carboxylic acids is 1. The van der Waals surface area contributed by atoms with Crippen LogP contribution in [0.4, 0.5) is 5.69 Å². The van der Waals surface area contributed by atoms with E-state index in [0.717, 1.165) is 37.5 Å². The third kappa shape index (κ3) is 4.78. The van der Waals surface area contributed by atoms with E-state index in [9.17, 15) is 4.79 Å². The number of Topliss-reactive ketones (excluding diaryl/α,β-unsaturated/α-hetero) is 1. The van der Waals surface area contributed by atoms with Crippen LogP contribution in [0.15, 0.2) is 48.5 Å². The molecule has 2 aliphatic heterocycles. The van der Waals surface area contributed by atoms with E-state index in [0.29, 0.717) is 6.54 Å². The van der Waals surface area contributed by atoms with Gasteiger partial charge >= 0.3 is 0 Å². The van der Waals surface area contributed by atoms with E-state index < -0.39 is 0 Å². The number of benzene rings is 2. The number of fused-ring (bicyclic) bond motifs is 1.